The van der Waals surface area contributed by atoms with Crippen LogP contribution in [0.5, 0.6) is 0 Å². The summed E-state index contributed by atoms with van der Waals surface area (Å²) in [7, 11) is 0. The molecule has 0 aliphatic rings. The standard InChI is InChI=1S/C11H7BrO3/c12-6-9(13)7-2-1-3-10-8(7)4-5-11(14)15-10/h1-5H,6H2. The van der Waals surface area contributed by atoms with Gasteiger partial charge in [0.15, 0.2) is 5.78 Å². The summed E-state index contributed by atoms with van der Waals surface area (Å²) in [5.41, 5.74) is 0.591. The number of alkyl halides is 1. The van der Waals surface area contributed by atoms with Gasteiger partial charge in [-0.2, -0.15) is 0 Å². The minimum absolute atomic E-state index is 0.0329. The fraction of sp³-hybridized carbons (Fsp3) is 0.0909. The Morgan fingerprint density at radius 2 is 2.07 bits per heavy atom. The van der Waals surface area contributed by atoms with Crippen molar-refractivity contribution in [3.05, 3.63) is 46.3 Å². The van der Waals surface area contributed by atoms with Crippen LogP contribution in [0.3, 0.4) is 0 Å². The quantitative estimate of drug-likeness (QED) is 0.476. The van der Waals surface area contributed by atoms with Crippen molar-refractivity contribution in [2.24, 2.45) is 0 Å². The minimum atomic E-state index is -0.411. The van der Waals surface area contributed by atoms with Gasteiger partial charge in [0.1, 0.15) is 5.58 Å². The summed E-state index contributed by atoms with van der Waals surface area (Å²) < 4.78 is 4.97. The maximum atomic E-state index is 11.5. The van der Waals surface area contributed by atoms with Gasteiger partial charge >= 0.3 is 5.63 Å². The average Bonchev–Trinajstić information content (AvgIpc) is 2.26. The van der Waals surface area contributed by atoms with E-state index in [-0.39, 0.29) is 11.1 Å². The van der Waals surface area contributed by atoms with Crippen molar-refractivity contribution in [2.45, 2.75) is 0 Å². The van der Waals surface area contributed by atoms with Crippen LogP contribution in [0.1, 0.15) is 10.4 Å². The summed E-state index contributed by atoms with van der Waals surface area (Å²) in [6.45, 7) is 0. The normalized spacial score (nSPS) is 10.5. The predicted octanol–water partition coefficient (Wildman–Crippen LogP) is 2.37. The number of fused-ring (bicyclic) bond motifs is 1. The van der Waals surface area contributed by atoms with Gasteiger partial charge in [-0.1, -0.05) is 28.1 Å². The first-order chi connectivity index (χ1) is 7.22. The maximum Gasteiger partial charge on any atom is 0.336 e. The third-order valence-corrected chi connectivity index (χ3v) is 2.59. The summed E-state index contributed by atoms with van der Waals surface area (Å²) >= 11 is 3.11. The summed E-state index contributed by atoms with van der Waals surface area (Å²) in [5.74, 6) is -0.0329. The van der Waals surface area contributed by atoms with Gasteiger partial charge in [0.25, 0.3) is 0 Å². The van der Waals surface area contributed by atoms with E-state index in [9.17, 15) is 9.59 Å². The molecule has 0 saturated heterocycles. The number of rotatable bonds is 2. The molecule has 4 heteroatoms. The Balaban J connectivity index is 2.76. The van der Waals surface area contributed by atoms with E-state index in [0.717, 1.165) is 0 Å². The lowest BCUT2D eigenvalue weighted by molar-refractivity contribution is 0.102. The van der Waals surface area contributed by atoms with Crippen LogP contribution in [0.15, 0.2) is 39.5 Å². The summed E-state index contributed by atoms with van der Waals surface area (Å²) in [6, 6.07) is 8.00. The van der Waals surface area contributed by atoms with Crippen LogP contribution < -0.4 is 5.63 Å². The predicted molar refractivity (Wildman–Crippen MR) is 60.6 cm³/mol. The molecule has 0 N–H and O–H groups in total. The van der Waals surface area contributed by atoms with Crippen molar-refractivity contribution >= 4 is 32.7 Å². The van der Waals surface area contributed by atoms with Crippen LogP contribution in [0.4, 0.5) is 0 Å². The van der Waals surface area contributed by atoms with E-state index >= 15 is 0 Å². The van der Waals surface area contributed by atoms with E-state index in [2.05, 4.69) is 15.9 Å². The van der Waals surface area contributed by atoms with Crippen molar-refractivity contribution in [2.75, 3.05) is 5.33 Å². The molecule has 0 atom stereocenters. The zero-order valence-corrected chi connectivity index (χ0v) is 9.28. The van der Waals surface area contributed by atoms with E-state index < -0.39 is 5.63 Å². The first-order valence-electron chi connectivity index (χ1n) is 4.34. The SMILES string of the molecule is O=C(CBr)c1cccc2oc(=O)ccc12. The number of carbonyl (C=O) groups excluding carboxylic acids is 1. The number of hydrogen-bond donors (Lipinski definition) is 0. The van der Waals surface area contributed by atoms with Crippen LogP contribution in [0.25, 0.3) is 11.0 Å². The van der Waals surface area contributed by atoms with Crippen LogP contribution in [0.2, 0.25) is 0 Å². The number of Topliss-reactive ketones (excluding diaryl/α,β-unsaturated/α-hetero) is 1. The van der Waals surface area contributed by atoms with Gasteiger partial charge < -0.3 is 4.42 Å². The Morgan fingerprint density at radius 1 is 1.27 bits per heavy atom. The van der Waals surface area contributed by atoms with Crippen molar-refractivity contribution in [1.29, 1.82) is 0 Å². The molecule has 0 saturated carbocycles. The van der Waals surface area contributed by atoms with Gasteiger partial charge in [-0.3, -0.25) is 4.79 Å². The topological polar surface area (TPSA) is 47.3 Å². The molecule has 0 radical (unpaired) electrons. The number of carbonyl (C=O) groups is 1. The molecule has 3 nitrogen and oxygen atoms in total. The number of ketones is 1. The number of halogens is 1. The molecule has 0 amide bonds. The van der Waals surface area contributed by atoms with Gasteiger partial charge in [-0.25, -0.2) is 4.79 Å². The van der Waals surface area contributed by atoms with E-state index in [1.54, 1.807) is 24.3 Å². The molecular weight excluding hydrogens is 260 g/mol. The first kappa shape index (κ1) is 10.1. The lowest BCUT2D eigenvalue weighted by Crippen LogP contribution is -2.02. The van der Waals surface area contributed by atoms with E-state index in [1.807, 2.05) is 0 Å². The molecule has 0 aliphatic carbocycles. The molecule has 2 rings (SSSR count). The van der Waals surface area contributed by atoms with E-state index in [1.165, 1.54) is 6.07 Å². The van der Waals surface area contributed by atoms with Gasteiger partial charge in [0.2, 0.25) is 0 Å². The number of hydrogen-bond acceptors (Lipinski definition) is 3. The highest BCUT2D eigenvalue weighted by Gasteiger charge is 2.09. The maximum absolute atomic E-state index is 11.5. The zero-order chi connectivity index (χ0) is 10.8. The number of benzene rings is 1. The Morgan fingerprint density at radius 3 is 2.80 bits per heavy atom. The van der Waals surface area contributed by atoms with Crippen molar-refractivity contribution in [3.63, 3.8) is 0 Å². The Kier molecular flexibility index (Phi) is 2.68. The van der Waals surface area contributed by atoms with Gasteiger partial charge in [-0.05, 0) is 12.1 Å². The molecule has 1 heterocycles. The van der Waals surface area contributed by atoms with Crippen molar-refractivity contribution in [3.8, 4) is 0 Å². The lowest BCUT2D eigenvalue weighted by atomic mass is 10.1. The second-order valence-corrected chi connectivity index (χ2v) is 3.59. The molecule has 76 valence electrons. The smallest absolute Gasteiger partial charge is 0.336 e. The van der Waals surface area contributed by atoms with Gasteiger partial charge in [-0.15, -0.1) is 0 Å². The molecule has 0 fully saturated rings. The highest BCUT2D eigenvalue weighted by Crippen LogP contribution is 2.17. The fourth-order valence-corrected chi connectivity index (χ4v) is 1.72. The van der Waals surface area contributed by atoms with Crippen molar-refractivity contribution in [1.82, 2.24) is 0 Å². The Bertz CT molecular complexity index is 571. The third kappa shape index (κ3) is 1.85. The first-order valence-corrected chi connectivity index (χ1v) is 5.46. The molecule has 15 heavy (non-hydrogen) atoms. The molecule has 0 bridgehead atoms. The Labute approximate surface area is 93.8 Å². The fourth-order valence-electron chi connectivity index (χ4n) is 1.41. The molecule has 0 spiro atoms. The highest BCUT2D eigenvalue weighted by atomic mass is 79.9. The average molecular weight is 267 g/mol. The summed E-state index contributed by atoms with van der Waals surface area (Å²) in [4.78, 5) is 22.5. The second-order valence-electron chi connectivity index (χ2n) is 3.03. The monoisotopic (exact) mass is 266 g/mol. The van der Waals surface area contributed by atoms with E-state index in [0.29, 0.717) is 16.5 Å². The van der Waals surface area contributed by atoms with Crippen LogP contribution >= 0.6 is 15.9 Å². The summed E-state index contributed by atoms with van der Waals surface area (Å²) in [6.07, 6.45) is 0. The van der Waals surface area contributed by atoms with Crippen LogP contribution in [-0.2, 0) is 0 Å². The van der Waals surface area contributed by atoms with Crippen LogP contribution in [0, 0.1) is 0 Å². The minimum Gasteiger partial charge on any atom is -0.423 e. The third-order valence-electron chi connectivity index (χ3n) is 2.08. The Hall–Kier alpha value is -1.42. The highest BCUT2D eigenvalue weighted by molar-refractivity contribution is 9.09. The zero-order valence-electron chi connectivity index (χ0n) is 7.70. The lowest BCUT2D eigenvalue weighted by Gasteiger charge is -2.01. The molecular formula is C11H7BrO3. The van der Waals surface area contributed by atoms with E-state index in [4.69, 9.17) is 4.42 Å². The molecule has 1 aromatic carbocycles. The summed E-state index contributed by atoms with van der Waals surface area (Å²) in [5, 5.41) is 0.923. The van der Waals surface area contributed by atoms with Crippen molar-refractivity contribution < 1.29 is 9.21 Å². The van der Waals surface area contributed by atoms with Gasteiger partial charge in [0, 0.05) is 17.0 Å². The van der Waals surface area contributed by atoms with Crippen LogP contribution in [-0.4, -0.2) is 11.1 Å². The second kappa shape index (κ2) is 3.98. The largest absolute Gasteiger partial charge is 0.423 e. The molecule has 0 aliphatic heterocycles. The molecule has 1 aromatic heterocycles. The van der Waals surface area contributed by atoms with Gasteiger partial charge in [0.05, 0.1) is 5.33 Å². The molecule has 0 unspecified atom stereocenters. The molecule has 2 aromatic rings.